The van der Waals surface area contributed by atoms with E-state index in [-0.39, 0.29) is 0 Å². The van der Waals surface area contributed by atoms with Crippen molar-refractivity contribution < 1.29 is 0 Å². The van der Waals surface area contributed by atoms with Crippen molar-refractivity contribution in [2.45, 2.75) is 29.9 Å². The third-order valence-electron chi connectivity index (χ3n) is 3.06. The van der Waals surface area contributed by atoms with Crippen molar-refractivity contribution in [1.82, 2.24) is 5.32 Å². The Balaban J connectivity index is 2.19. The second-order valence-electron chi connectivity index (χ2n) is 4.05. The summed E-state index contributed by atoms with van der Waals surface area (Å²) in [4.78, 5) is 1.45. The van der Waals surface area contributed by atoms with Crippen LogP contribution in [0.3, 0.4) is 0 Å². The Bertz CT molecular complexity index is 355. The zero-order valence-electron chi connectivity index (χ0n) is 10.1. The van der Waals surface area contributed by atoms with Gasteiger partial charge in [0.1, 0.15) is 0 Å². The van der Waals surface area contributed by atoms with Crippen molar-refractivity contribution in [2.24, 2.45) is 0 Å². The predicted octanol–water partition coefficient (Wildman–Crippen LogP) is 4.40. The SMILES string of the molecule is CCC1SCCSC1C(NC)c1sccc1Br. The third-order valence-corrected chi connectivity index (χ3v) is 8.37. The first-order valence-electron chi connectivity index (χ1n) is 5.91. The molecule has 0 spiro atoms. The number of hydrogen-bond donors (Lipinski definition) is 1. The van der Waals surface area contributed by atoms with Gasteiger partial charge in [-0.05, 0) is 40.8 Å². The average molecular weight is 352 g/mol. The van der Waals surface area contributed by atoms with Crippen LogP contribution in [-0.2, 0) is 0 Å². The van der Waals surface area contributed by atoms with E-state index in [0.717, 1.165) is 5.25 Å². The fourth-order valence-corrected chi connectivity index (χ4v) is 7.35. The summed E-state index contributed by atoms with van der Waals surface area (Å²) in [5, 5.41) is 7.17. The molecule has 0 saturated carbocycles. The largest absolute Gasteiger partial charge is 0.311 e. The average Bonchev–Trinajstić information content (AvgIpc) is 2.78. The highest BCUT2D eigenvalue weighted by Gasteiger charge is 2.33. The molecule has 2 rings (SSSR count). The van der Waals surface area contributed by atoms with E-state index in [9.17, 15) is 0 Å². The van der Waals surface area contributed by atoms with Crippen LogP contribution in [0, 0.1) is 0 Å². The first-order valence-corrected chi connectivity index (χ1v) is 9.68. The van der Waals surface area contributed by atoms with E-state index in [1.54, 1.807) is 0 Å². The Morgan fingerprint density at radius 2 is 2.24 bits per heavy atom. The van der Waals surface area contributed by atoms with Gasteiger partial charge in [0.05, 0.1) is 6.04 Å². The maximum Gasteiger partial charge on any atom is 0.0555 e. The monoisotopic (exact) mass is 351 g/mol. The highest BCUT2D eigenvalue weighted by Crippen LogP contribution is 2.43. The molecule has 0 aliphatic carbocycles. The summed E-state index contributed by atoms with van der Waals surface area (Å²) >= 11 is 9.81. The highest BCUT2D eigenvalue weighted by atomic mass is 79.9. The minimum Gasteiger partial charge on any atom is -0.311 e. The number of hydrogen-bond acceptors (Lipinski definition) is 4. The lowest BCUT2D eigenvalue weighted by Crippen LogP contribution is -2.37. The van der Waals surface area contributed by atoms with E-state index in [1.807, 2.05) is 11.3 Å². The van der Waals surface area contributed by atoms with Gasteiger partial charge in [0.25, 0.3) is 0 Å². The van der Waals surface area contributed by atoms with Crippen LogP contribution in [0.15, 0.2) is 15.9 Å². The smallest absolute Gasteiger partial charge is 0.0555 e. The van der Waals surface area contributed by atoms with Crippen LogP contribution < -0.4 is 5.32 Å². The summed E-state index contributed by atoms with van der Waals surface area (Å²) in [6.07, 6.45) is 1.27. The summed E-state index contributed by atoms with van der Waals surface area (Å²) in [7, 11) is 2.09. The molecule has 1 aromatic rings. The molecule has 0 radical (unpaired) electrons. The van der Waals surface area contributed by atoms with Crippen molar-refractivity contribution in [1.29, 1.82) is 0 Å². The third kappa shape index (κ3) is 3.24. The fraction of sp³-hybridized carbons (Fsp3) is 0.667. The molecule has 1 aromatic heterocycles. The van der Waals surface area contributed by atoms with Gasteiger partial charge in [-0.2, -0.15) is 23.5 Å². The van der Waals surface area contributed by atoms with Crippen LogP contribution in [0.4, 0.5) is 0 Å². The number of halogens is 1. The van der Waals surface area contributed by atoms with E-state index in [1.165, 1.54) is 27.3 Å². The molecule has 96 valence electrons. The summed E-state index contributed by atoms with van der Waals surface area (Å²) < 4.78 is 1.26. The Morgan fingerprint density at radius 3 is 2.82 bits per heavy atom. The van der Waals surface area contributed by atoms with Gasteiger partial charge in [-0.1, -0.05) is 6.92 Å². The quantitative estimate of drug-likeness (QED) is 0.863. The van der Waals surface area contributed by atoms with Crippen LogP contribution in [0.5, 0.6) is 0 Å². The minimum absolute atomic E-state index is 0.479. The molecule has 1 aliphatic heterocycles. The maximum absolute atomic E-state index is 3.67. The molecule has 1 nitrogen and oxygen atoms in total. The van der Waals surface area contributed by atoms with Gasteiger partial charge in [0, 0.05) is 31.4 Å². The molecule has 17 heavy (non-hydrogen) atoms. The van der Waals surface area contributed by atoms with E-state index < -0.39 is 0 Å². The number of thioether (sulfide) groups is 2. The van der Waals surface area contributed by atoms with Gasteiger partial charge in [-0.15, -0.1) is 11.3 Å². The zero-order chi connectivity index (χ0) is 12.3. The van der Waals surface area contributed by atoms with Crippen molar-refractivity contribution in [2.75, 3.05) is 18.6 Å². The van der Waals surface area contributed by atoms with E-state index in [4.69, 9.17) is 0 Å². The van der Waals surface area contributed by atoms with Crippen molar-refractivity contribution in [3.8, 4) is 0 Å². The minimum atomic E-state index is 0.479. The van der Waals surface area contributed by atoms with Crippen molar-refractivity contribution in [3.63, 3.8) is 0 Å². The van der Waals surface area contributed by atoms with Crippen LogP contribution in [0.25, 0.3) is 0 Å². The molecule has 0 aromatic carbocycles. The lowest BCUT2D eigenvalue weighted by Gasteiger charge is -2.35. The van der Waals surface area contributed by atoms with Crippen LogP contribution in [-0.4, -0.2) is 29.1 Å². The molecule has 0 amide bonds. The molecule has 1 N–H and O–H groups in total. The summed E-state index contributed by atoms with van der Waals surface area (Å²) in [5.74, 6) is 2.59. The van der Waals surface area contributed by atoms with E-state index >= 15 is 0 Å². The van der Waals surface area contributed by atoms with Gasteiger partial charge < -0.3 is 5.32 Å². The summed E-state index contributed by atoms with van der Waals surface area (Å²) in [5.41, 5.74) is 0. The Kier molecular flexibility index (Phi) is 5.74. The van der Waals surface area contributed by atoms with Gasteiger partial charge in [-0.3, -0.25) is 0 Å². The zero-order valence-corrected chi connectivity index (χ0v) is 14.1. The molecule has 1 saturated heterocycles. The Hall–Kier alpha value is 0.840. The van der Waals surface area contributed by atoms with Crippen molar-refractivity contribution >= 4 is 50.8 Å². The second kappa shape index (κ2) is 6.85. The highest BCUT2D eigenvalue weighted by molar-refractivity contribution is 9.10. The fourth-order valence-electron chi connectivity index (χ4n) is 2.22. The van der Waals surface area contributed by atoms with Gasteiger partial charge in [-0.25, -0.2) is 0 Å². The normalized spacial score (nSPS) is 27.0. The lowest BCUT2D eigenvalue weighted by atomic mass is 10.1. The maximum atomic E-state index is 3.67. The van der Waals surface area contributed by atoms with E-state index in [2.05, 4.69) is 70.2 Å². The molecular formula is C12H18BrNS3. The Labute approximate surface area is 125 Å². The van der Waals surface area contributed by atoms with Gasteiger partial charge >= 0.3 is 0 Å². The lowest BCUT2D eigenvalue weighted by molar-refractivity contribution is 0.550. The molecule has 0 bridgehead atoms. The Morgan fingerprint density at radius 1 is 1.47 bits per heavy atom. The first kappa shape index (κ1) is 14.3. The second-order valence-corrected chi connectivity index (χ2v) is 8.49. The van der Waals surface area contributed by atoms with Gasteiger partial charge in [0.15, 0.2) is 0 Å². The van der Waals surface area contributed by atoms with Crippen LogP contribution in [0.2, 0.25) is 0 Å². The van der Waals surface area contributed by atoms with Crippen molar-refractivity contribution in [3.05, 3.63) is 20.8 Å². The van der Waals surface area contributed by atoms with Crippen LogP contribution >= 0.6 is 50.8 Å². The topological polar surface area (TPSA) is 12.0 Å². The molecule has 1 fully saturated rings. The van der Waals surface area contributed by atoms with Gasteiger partial charge in [0.2, 0.25) is 0 Å². The molecular weight excluding hydrogens is 334 g/mol. The van der Waals surface area contributed by atoms with E-state index in [0.29, 0.717) is 11.3 Å². The number of thiophene rings is 1. The summed E-state index contributed by atoms with van der Waals surface area (Å²) in [6.45, 7) is 2.31. The number of rotatable bonds is 4. The molecule has 2 heterocycles. The summed E-state index contributed by atoms with van der Waals surface area (Å²) in [6, 6.07) is 2.64. The predicted molar refractivity (Wildman–Crippen MR) is 86.6 cm³/mol. The number of nitrogens with one attached hydrogen (secondary N) is 1. The molecule has 3 unspecified atom stereocenters. The first-order chi connectivity index (χ1) is 8.27. The standard InChI is InChI=1S/C12H18BrNS3/c1-3-9-12(17-7-6-15-9)10(14-2)11-8(13)4-5-16-11/h4-5,9-10,12,14H,3,6-7H2,1-2H3. The molecule has 5 heteroatoms. The van der Waals surface area contributed by atoms with Crippen LogP contribution in [0.1, 0.15) is 24.3 Å². The molecule has 3 atom stereocenters. The molecule has 1 aliphatic rings.